The van der Waals surface area contributed by atoms with Gasteiger partial charge in [0.25, 0.3) is 0 Å². The molecule has 1 aromatic heterocycles. The van der Waals surface area contributed by atoms with E-state index in [4.69, 9.17) is 16.7 Å². The van der Waals surface area contributed by atoms with E-state index in [-0.39, 0.29) is 18.8 Å². The van der Waals surface area contributed by atoms with E-state index in [1.807, 2.05) is 6.92 Å². The van der Waals surface area contributed by atoms with Gasteiger partial charge in [0.2, 0.25) is 6.41 Å². The second-order valence-electron chi connectivity index (χ2n) is 7.78. The summed E-state index contributed by atoms with van der Waals surface area (Å²) in [4.78, 5) is 33.0. The van der Waals surface area contributed by atoms with Crippen molar-refractivity contribution in [1.29, 1.82) is 0 Å². The minimum absolute atomic E-state index is 0.0912. The van der Waals surface area contributed by atoms with Crippen molar-refractivity contribution in [3.8, 4) is 5.69 Å². The van der Waals surface area contributed by atoms with Crippen molar-refractivity contribution in [3.05, 3.63) is 50.0 Å². The first-order chi connectivity index (χ1) is 14.9. The summed E-state index contributed by atoms with van der Waals surface area (Å²) < 4.78 is 2.75. The van der Waals surface area contributed by atoms with E-state index < -0.39 is 5.54 Å². The molecule has 1 fully saturated rings. The summed E-state index contributed by atoms with van der Waals surface area (Å²) in [6.45, 7) is 4.16. The summed E-state index contributed by atoms with van der Waals surface area (Å²) in [5.41, 5.74) is 0.776. The molecule has 0 saturated heterocycles. The van der Waals surface area contributed by atoms with Crippen LogP contribution in [0.4, 0.5) is 0 Å². The molecule has 31 heavy (non-hydrogen) atoms. The van der Waals surface area contributed by atoms with Gasteiger partial charge >= 0.3 is 5.69 Å². The van der Waals surface area contributed by atoms with Gasteiger partial charge in [-0.15, -0.1) is 0 Å². The van der Waals surface area contributed by atoms with Crippen LogP contribution in [0.5, 0.6) is 0 Å². The molecule has 10 heteroatoms. The zero-order chi connectivity index (χ0) is 22.9. The third kappa shape index (κ3) is 6.48. The molecule has 0 unspecified atom stereocenters. The number of nitrogens with one attached hydrogen (secondary N) is 1. The molecule has 0 bridgehead atoms. The average molecular weight is 452 g/mol. The fraction of sp³-hybridized carbons (Fsp3) is 0.571. The standard InChI is InChI=1S/C12H14ClN3O2.C9H16N2O2/c1-8-7-10(3-4-11(8)13)16-12(18)15(5-6-17)9(2)14-16;12-8-10-7-9(11-13)5-3-1-2-4-6-9/h3-4,7,17H,5-6H2,1-2H3;8H,1-7H2,(H,10,12). The van der Waals surface area contributed by atoms with Crippen molar-refractivity contribution < 1.29 is 9.90 Å². The lowest BCUT2D eigenvalue weighted by Gasteiger charge is -2.23. The zero-order valence-corrected chi connectivity index (χ0v) is 18.8. The van der Waals surface area contributed by atoms with Crippen molar-refractivity contribution in [1.82, 2.24) is 19.7 Å². The normalized spacial score (nSPS) is 15.4. The first-order valence-corrected chi connectivity index (χ1v) is 10.8. The van der Waals surface area contributed by atoms with Crippen LogP contribution in [0.25, 0.3) is 5.69 Å². The van der Waals surface area contributed by atoms with Crippen LogP contribution in [-0.2, 0) is 11.3 Å². The Balaban J connectivity index is 0.000000233. The van der Waals surface area contributed by atoms with Gasteiger partial charge in [-0.2, -0.15) is 14.7 Å². The summed E-state index contributed by atoms with van der Waals surface area (Å²) in [5.74, 6) is 0.571. The van der Waals surface area contributed by atoms with Crippen LogP contribution in [0.2, 0.25) is 5.02 Å². The van der Waals surface area contributed by atoms with Crippen molar-refractivity contribution in [2.45, 2.75) is 64.5 Å². The van der Waals surface area contributed by atoms with Gasteiger partial charge in [-0.1, -0.05) is 42.5 Å². The highest BCUT2D eigenvalue weighted by atomic mass is 35.5. The zero-order valence-electron chi connectivity index (χ0n) is 18.0. The quantitative estimate of drug-likeness (QED) is 0.381. The van der Waals surface area contributed by atoms with Crippen LogP contribution < -0.4 is 11.0 Å². The first kappa shape index (κ1) is 24.7. The number of carbonyl (C=O) groups is 1. The van der Waals surface area contributed by atoms with Gasteiger partial charge < -0.3 is 10.4 Å². The molecule has 0 aliphatic heterocycles. The maximum absolute atomic E-state index is 12.1. The molecule has 1 aliphatic rings. The monoisotopic (exact) mass is 451 g/mol. The number of benzene rings is 1. The minimum atomic E-state index is -0.516. The Morgan fingerprint density at radius 1 is 1.26 bits per heavy atom. The lowest BCUT2D eigenvalue weighted by molar-refractivity contribution is -0.109. The lowest BCUT2D eigenvalue weighted by atomic mass is 9.91. The molecule has 1 aromatic carbocycles. The van der Waals surface area contributed by atoms with E-state index in [2.05, 4.69) is 15.6 Å². The summed E-state index contributed by atoms with van der Waals surface area (Å²) in [6.07, 6.45) is 6.72. The number of hydrogen-bond donors (Lipinski definition) is 2. The second-order valence-corrected chi connectivity index (χ2v) is 8.19. The fourth-order valence-corrected chi connectivity index (χ4v) is 3.82. The van der Waals surface area contributed by atoms with Gasteiger partial charge in [0, 0.05) is 11.6 Å². The van der Waals surface area contributed by atoms with E-state index >= 15 is 0 Å². The molecule has 1 aliphatic carbocycles. The van der Waals surface area contributed by atoms with Crippen molar-refractivity contribution in [2.75, 3.05) is 13.2 Å². The number of aliphatic hydroxyl groups is 1. The number of halogens is 1. The third-order valence-electron chi connectivity index (χ3n) is 5.50. The van der Waals surface area contributed by atoms with Crippen LogP contribution in [0.1, 0.15) is 49.9 Å². The molecule has 0 atom stereocenters. The van der Waals surface area contributed by atoms with Crippen LogP contribution in [-0.4, -0.2) is 44.6 Å². The van der Waals surface area contributed by atoms with E-state index in [0.29, 0.717) is 29.5 Å². The Labute approximate surface area is 186 Å². The number of rotatable bonds is 7. The predicted molar refractivity (Wildman–Crippen MR) is 120 cm³/mol. The van der Waals surface area contributed by atoms with Crippen molar-refractivity contribution >= 4 is 18.0 Å². The predicted octanol–water partition coefficient (Wildman–Crippen LogP) is 2.89. The SMILES string of the molecule is Cc1cc(-n2nc(C)n(CCO)c2=O)ccc1Cl.O=CNCC1(N=O)CCCCCC1. The first-order valence-electron chi connectivity index (χ1n) is 10.4. The maximum Gasteiger partial charge on any atom is 0.350 e. The van der Waals surface area contributed by atoms with E-state index in [1.54, 1.807) is 25.1 Å². The summed E-state index contributed by atoms with van der Waals surface area (Å²) in [7, 11) is 0. The highest BCUT2D eigenvalue weighted by molar-refractivity contribution is 6.31. The number of carbonyl (C=O) groups excluding carboxylic acids is 1. The highest BCUT2D eigenvalue weighted by Crippen LogP contribution is 2.29. The summed E-state index contributed by atoms with van der Waals surface area (Å²) >= 11 is 5.95. The van der Waals surface area contributed by atoms with Crippen LogP contribution in [0.15, 0.2) is 28.2 Å². The summed E-state index contributed by atoms with van der Waals surface area (Å²) in [5, 5.41) is 19.5. The molecular weight excluding hydrogens is 422 g/mol. The Kier molecular flexibility index (Phi) is 9.39. The van der Waals surface area contributed by atoms with Crippen molar-refractivity contribution in [2.24, 2.45) is 5.18 Å². The third-order valence-corrected chi connectivity index (χ3v) is 5.92. The molecule has 9 nitrogen and oxygen atoms in total. The van der Waals surface area contributed by atoms with Gasteiger partial charge in [0.15, 0.2) is 0 Å². The molecule has 170 valence electrons. The minimum Gasteiger partial charge on any atom is -0.395 e. The summed E-state index contributed by atoms with van der Waals surface area (Å²) in [6, 6.07) is 5.28. The molecule has 3 rings (SSSR count). The molecule has 1 amide bonds. The van der Waals surface area contributed by atoms with Gasteiger partial charge in [-0.25, -0.2) is 4.79 Å². The number of aryl methyl sites for hydroxylation is 2. The lowest BCUT2D eigenvalue weighted by Crippen LogP contribution is -2.37. The number of amides is 1. The Bertz CT molecular complexity index is 932. The van der Waals surface area contributed by atoms with E-state index in [1.165, 1.54) is 22.1 Å². The second kappa shape index (κ2) is 11.8. The number of nitrogens with zero attached hydrogens (tertiary/aromatic N) is 4. The number of hydrogen-bond acceptors (Lipinski definition) is 6. The van der Waals surface area contributed by atoms with Gasteiger partial charge in [0.05, 0.1) is 18.8 Å². The van der Waals surface area contributed by atoms with Crippen LogP contribution >= 0.6 is 11.6 Å². The molecule has 2 N–H and O–H groups in total. The number of nitroso groups, excluding NO2 is 1. The molecule has 1 saturated carbocycles. The molecule has 2 aromatic rings. The molecule has 0 spiro atoms. The Morgan fingerprint density at radius 2 is 1.94 bits per heavy atom. The van der Waals surface area contributed by atoms with Crippen LogP contribution in [0, 0.1) is 18.8 Å². The average Bonchev–Trinajstić information content (AvgIpc) is 2.93. The Hall–Kier alpha value is -2.52. The number of aliphatic hydroxyl groups excluding tert-OH is 1. The molecule has 0 radical (unpaired) electrons. The topological polar surface area (TPSA) is 119 Å². The fourth-order valence-electron chi connectivity index (χ4n) is 3.70. The van der Waals surface area contributed by atoms with Crippen molar-refractivity contribution in [3.63, 3.8) is 0 Å². The van der Waals surface area contributed by atoms with Gasteiger partial charge in [-0.05, 0) is 50.5 Å². The number of aromatic nitrogens is 3. The highest BCUT2D eigenvalue weighted by Gasteiger charge is 2.31. The molecular formula is C21H30ClN5O4. The van der Waals surface area contributed by atoms with Gasteiger partial charge in [-0.3, -0.25) is 9.36 Å². The van der Waals surface area contributed by atoms with E-state index in [9.17, 15) is 14.5 Å². The smallest absolute Gasteiger partial charge is 0.350 e. The maximum atomic E-state index is 12.1. The largest absolute Gasteiger partial charge is 0.395 e. The van der Waals surface area contributed by atoms with E-state index in [0.717, 1.165) is 31.2 Å². The van der Waals surface area contributed by atoms with Crippen LogP contribution in [0.3, 0.4) is 0 Å². The molecule has 1 heterocycles. The van der Waals surface area contributed by atoms with Gasteiger partial charge in [0.1, 0.15) is 11.4 Å². The Morgan fingerprint density at radius 3 is 2.48 bits per heavy atom.